The predicted molar refractivity (Wildman–Crippen MR) is 57.0 cm³/mol. The highest BCUT2D eigenvalue weighted by Gasteiger charge is 2.05. The van der Waals surface area contributed by atoms with Crippen molar-refractivity contribution in [1.82, 2.24) is 4.98 Å². The van der Waals surface area contributed by atoms with Crippen LogP contribution in [0.15, 0.2) is 12.3 Å². The molecule has 0 saturated heterocycles. The Morgan fingerprint density at radius 2 is 2.36 bits per heavy atom. The molecule has 1 unspecified atom stereocenters. The maximum absolute atomic E-state index is 8.92. The summed E-state index contributed by atoms with van der Waals surface area (Å²) in [6.07, 6.45) is 1.77. The molecule has 4 nitrogen and oxygen atoms in total. The zero-order valence-corrected chi connectivity index (χ0v) is 8.62. The Morgan fingerprint density at radius 1 is 1.64 bits per heavy atom. The molecular weight excluding hydrogens is 178 g/mol. The number of nitrogens with one attached hydrogen (secondary N) is 1. The van der Waals surface area contributed by atoms with Gasteiger partial charge in [-0.05, 0) is 19.9 Å². The zero-order valence-electron chi connectivity index (χ0n) is 8.62. The van der Waals surface area contributed by atoms with E-state index in [1.807, 2.05) is 19.9 Å². The average Bonchev–Trinajstić information content (AvgIpc) is 2.18. The van der Waals surface area contributed by atoms with E-state index >= 15 is 0 Å². The molecule has 78 valence electrons. The van der Waals surface area contributed by atoms with Gasteiger partial charge >= 0.3 is 0 Å². The Bertz CT molecular complexity index is 301. The van der Waals surface area contributed by atoms with Crippen molar-refractivity contribution in [2.45, 2.75) is 26.4 Å². The summed E-state index contributed by atoms with van der Waals surface area (Å²) >= 11 is 0. The van der Waals surface area contributed by atoms with Gasteiger partial charge in [0.25, 0.3) is 0 Å². The molecule has 0 spiro atoms. The number of hydrogen-bond donors (Lipinski definition) is 3. The Kier molecular flexibility index (Phi) is 3.85. The predicted octanol–water partition coefficient (Wildman–Crippen LogP) is 0.641. The van der Waals surface area contributed by atoms with Crippen molar-refractivity contribution in [1.29, 1.82) is 0 Å². The van der Waals surface area contributed by atoms with Crippen molar-refractivity contribution in [3.8, 4) is 0 Å². The highest BCUT2D eigenvalue weighted by atomic mass is 16.3. The lowest BCUT2D eigenvalue weighted by atomic mass is 10.2. The van der Waals surface area contributed by atoms with Crippen molar-refractivity contribution in [3.05, 3.63) is 23.5 Å². The van der Waals surface area contributed by atoms with Gasteiger partial charge in [-0.1, -0.05) is 0 Å². The summed E-state index contributed by atoms with van der Waals surface area (Å²) in [5.41, 5.74) is 8.44. The number of aryl methyl sites for hydroxylation is 1. The molecule has 0 aliphatic carbocycles. The van der Waals surface area contributed by atoms with Crippen LogP contribution in [0.1, 0.15) is 18.2 Å². The van der Waals surface area contributed by atoms with E-state index in [2.05, 4.69) is 10.3 Å². The second-order valence-electron chi connectivity index (χ2n) is 3.41. The number of nitrogens with two attached hydrogens (primary N) is 1. The smallest absolute Gasteiger partial charge is 0.0630 e. The van der Waals surface area contributed by atoms with Gasteiger partial charge < -0.3 is 16.2 Å². The normalized spacial score (nSPS) is 12.6. The van der Waals surface area contributed by atoms with E-state index in [1.54, 1.807) is 6.20 Å². The molecule has 0 bridgehead atoms. The van der Waals surface area contributed by atoms with Crippen LogP contribution in [0.3, 0.4) is 0 Å². The van der Waals surface area contributed by atoms with Gasteiger partial charge in [-0.15, -0.1) is 0 Å². The molecule has 0 aromatic carbocycles. The molecule has 1 atom stereocenters. The first kappa shape index (κ1) is 10.9. The lowest BCUT2D eigenvalue weighted by Gasteiger charge is -2.15. The SMILES string of the molecule is Cc1cc(NC(C)CO)c(CN)cn1. The second-order valence-corrected chi connectivity index (χ2v) is 3.41. The van der Waals surface area contributed by atoms with Crippen LogP contribution in [-0.2, 0) is 6.54 Å². The number of hydrogen-bond acceptors (Lipinski definition) is 4. The fourth-order valence-electron chi connectivity index (χ4n) is 1.20. The molecule has 14 heavy (non-hydrogen) atoms. The molecular formula is C10H17N3O. The summed E-state index contributed by atoms with van der Waals surface area (Å²) in [5, 5.41) is 12.1. The second kappa shape index (κ2) is 4.93. The van der Waals surface area contributed by atoms with Gasteiger partial charge in [0.05, 0.1) is 6.61 Å². The monoisotopic (exact) mass is 195 g/mol. The van der Waals surface area contributed by atoms with Gasteiger partial charge in [-0.2, -0.15) is 0 Å². The van der Waals surface area contributed by atoms with Crippen molar-refractivity contribution < 1.29 is 5.11 Å². The number of rotatable bonds is 4. The number of aliphatic hydroxyl groups is 1. The van der Waals surface area contributed by atoms with E-state index in [0.717, 1.165) is 16.9 Å². The van der Waals surface area contributed by atoms with Crippen molar-refractivity contribution >= 4 is 5.69 Å². The minimum Gasteiger partial charge on any atom is -0.394 e. The van der Waals surface area contributed by atoms with Crippen molar-refractivity contribution in [3.63, 3.8) is 0 Å². The minimum absolute atomic E-state index is 0.0297. The van der Waals surface area contributed by atoms with E-state index in [-0.39, 0.29) is 12.6 Å². The Morgan fingerprint density at radius 3 is 2.93 bits per heavy atom. The number of pyridine rings is 1. The van der Waals surface area contributed by atoms with Crippen molar-refractivity contribution in [2.75, 3.05) is 11.9 Å². The van der Waals surface area contributed by atoms with Crippen LogP contribution < -0.4 is 11.1 Å². The van der Waals surface area contributed by atoms with E-state index in [9.17, 15) is 0 Å². The first-order valence-corrected chi connectivity index (χ1v) is 4.70. The first-order valence-electron chi connectivity index (χ1n) is 4.70. The van der Waals surface area contributed by atoms with Gasteiger partial charge in [0, 0.05) is 35.7 Å². The van der Waals surface area contributed by atoms with Crippen molar-refractivity contribution in [2.24, 2.45) is 5.73 Å². The fraction of sp³-hybridized carbons (Fsp3) is 0.500. The molecule has 1 aromatic rings. The highest BCUT2D eigenvalue weighted by Crippen LogP contribution is 2.15. The van der Waals surface area contributed by atoms with Crippen LogP contribution in [-0.4, -0.2) is 22.7 Å². The van der Waals surface area contributed by atoms with Gasteiger partial charge in [-0.3, -0.25) is 4.98 Å². The number of nitrogens with zero attached hydrogens (tertiary/aromatic N) is 1. The van der Waals surface area contributed by atoms with E-state index in [1.165, 1.54) is 0 Å². The zero-order chi connectivity index (χ0) is 10.6. The van der Waals surface area contributed by atoms with Crippen LogP contribution in [0.4, 0.5) is 5.69 Å². The van der Waals surface area contributed by atoms with E-state index in [0.29, 0.717) is 6.54 Å². The van der Waals surface area contributed by atoms with Gasteiger partial charge in [0.15, 0.2) is 0 Å². The summed E-state index contributed by atoms with van der Waals surface area (Å²) < 4.78 is 0. The van der Waals surface area contributed by atoms with Crippen LogP contribution in [0.2, 0.25) is 0 Å². The van der Waals surface area contributed by atoms with Gasteiger partial charge in [0.1, 0.15) is 0 Å². The maximum Gasteiger partial charge on any atom is 0.0630 e. The Hall–Kier alpha value is -1.13. The van der Waals surface area contributed by atoms with Gasteiger partial charge in [-0.25, -0.2) is 0 Å². The molecule has 4 N–H and O–H groups in total. The fourth-order valence-corrected chi connectivity index (χ4v) is 1.20. The molecule has 0 aliphatic heterocycles. The third-order valence-corrected chi connectivity index (χ3v) is 2.02. The number of aromatic nitrogens is 1. The molecule has 1 rings (SSSR count). The third-order valence-electron chi connectivity index (χ3n) is 2.02. The lowest BCUT2D eigenvalue weighted by molar-refractivity contribution is 0.281. The minimum atomic E-state index is 0.0297. The highest BCUT2D eigenvalue weighted by molar-refractivity contribution is 5.51. The third kappa shape index (κ3) is 2.68. The largest absolute Gasteiger partial charge is 0.394 e. The van der Waals surface area contributed by atoms with Gasteiger partial charge in [0.2, 0.25) is 0 Å². The number of aliphatic hydroxyl groups excluding tert-OH is 1. The summed E-state index contributed by atoms with van der Waals surface area (Å²) in [7, 11) is 0. The van der Waals surface area contributed by atoms with Crippen LogP contribution in [0, 0.1) is 6.92 Å². The molecule has 1 heterocycles. The van der Waals surface area contributed by atoms with Crippen LogP contribution in [0.25, 0.3) is 0 Å². The lowest BCUT2D eigenvalue weighted by Crippen LogP contribution is -2.21. The Labute approximate surface area is 84.2 Å². The van der Waals surface area contributed by atoms with Crippen LogP contribution in [0.5, 0.6) is 0 Å². The molecule has 0 radical (unpaired) electrons. The summed E-state index contributed by atoms with van der Waals surface area (Å²) in [6.45, 7) is 4.39. The molecule has 0 aliphatic rings. The Balaban J connectivity index is 2.87. The topological polar surface area (TPSA) is 71.2 Å². The molecule has 1 aromatic heterocycles. The summed E-state index contributed by atoms with van der Waals surface area (Å²) in [4.78, 5) is 4.16. The maximum atomic E-state index is 8.92. The molecule has 0 amide bonds. The van der Waals surface area contributed by atoms with E-state index in [4.69, 9.17) is 10.8 Å². The average molecular weight is 195 g/mol. The summed E-state index contributed by atoms with van der Waals surface area (Å²) in [5.74, 6) is 0. The van der Waals surface area contributed by atoms with E-state index < -0.39 is 0 Å². The number of anilines is 1. The summed E-state index contributed by atoms with van der Waals surface area (Å²) in [6, 6.07) is 1.97. The molecule has 0 saturated carbocycles. The molecule has 0 fully saturated rings. The quantitative estimate of drug-likeness (QED) is 0.659. The standard InChI is InChI=1S/C10H17N3O/c1-7-3-10(13-8(2)6-14)9(4-11)5-12-7/h3,5,8,14H,4,6,11H2,1-2H3,(H,12,13). The molecule has 4 heteroatoms. The first-order chi connectivity index (χ1) is 6.67. The van der Waals surface area contributed by atoms with Crippen LogP contribution >= 0.6 is 0 Å².